The van der Waals surface area contributed by atoms with Crippen molar-refractivity contribution in [2.45, 2.75) is 58.1 Å². The Labute approximate surface area is 155 Å². The number of nitrogens with one attached hydrogen (secondary N) is 1. The van der Waals surface area contributed by atoms with Crippen LogP contribution in [0.2, 0.25) is 0 Å². The quantitative estimate of drug-likeness (QED) is 0.790. The Morgan fingerprint density at radius 3 is 2.54 bits per heavy atom. The van der Waals surface area contributed by atoms with Crippen molar-refractivity contribution in [1.29, 1.82) is 0 Å². The number of likely N-dealkylation sites (tertiary alicyclic amines) is 1. The van der Waals surface area contributed by atoms with Crippen LogP contribution in [0.3, 0.4) is 0 Å². The van der Waals surface area contributed by atoms with Gasteiger partial charge >= 0.3 is 6.09 Å². The number of carbonyl (C=O) groups is 2. The minimum Gasteiger partial charge on any atom is -0.497 e. The van der Waals surface area contributed by atoms with E-state index < -0.39 is 17.7 Å². The molecule has 0 bridgehead atoms. The highest BCUT2D eigenvalue weighted by Crippen LogP contribution is 2.21. The summed E-state index contributed by atoms with van der Waals surface area (Å²) >= 11 is 0. The van der Waals surface area contributed by atoms with E-state index in [1.54, 1.807) is 12.0 Å². The number of hydrogen-bond donors (Lipinski definition) is 1. The van der Waals surface area contributed by atoms with Gasteiger partial charge in [-0.25, -0.2) is 4.79 Å². The second-order valence-corrected chi connectivity index (χ2v) is 7.57. The fourth-order valence-electron chi connectivity index (χ4n) is 2.99. The zero-order valence-corrected chi connectivity index (χ0v) is 16.2. The van der Waals surface area contributed by atoms with Crippen LogP contribution in [-0.2, 0) is 16.0 Å². The lowest BCUT2D eigenvalue weighted by Crippen LogP contribution is -2.47. The molecule has 1 unspecified atom stereocenters. The summed E-state index contributed by atoms with van der Waals surface area (Å²) < 4.78 is 10.5. The zero-order chi connectivity index (χ0) is 19.2. The minimum atomic E-state index is -0.556. The smallest absolute Gasteiger partial charge is 0.410 e. The Hall–Kier alpha value is -2.24. The SMILES string of the molecule is COc1ccc(CCCNC(=O)C2CCCN2C(=O)OC(C)(C)C)cc1. The van der Waals surface area contributed by atoms with Gasteiger partial charge in [-0.05, 0) is 64.2 Å². The van der Waals surface area contributed by atoms with Gasteiger partial charge in [-0.1, -0.05) is 12.1 Å². The topological polar surface area (TPSA) is 67.9 Å². The molecule has 1 saturated heterocycles. The van der Waals surface area contributed by atoms with Crippen molar-refractivity contribution >= 4 is 12.0 Å². The van der Waals surface area contributed by atoms with Crippen LogP contribution < -0.4 is 10.1 Å². The highest BCUT2D eigenvalue weighted by Gasteiger charge is 2.36. The number of carbonyl (C=O) groups excluding carboxylic acids is 2. The number of aryl methyl sites for hydroxylation is 1. The maximum atomic E-state index is 12.4. The molecule has 144 valence electrons. The van der Waals surface area contributed by atoms with Gasteiger partial charge in [0.2, 0.25) is 5.91 Å². The molecular weight excluding hydrogens is 332 g/mol. The van der Waals surface area contributed by atoms with E-state index in [2.05, 4.69) is 5.32 Å². The molecule has 26 heavy (non-hydrogen) atoms. The fraction of sp³-hybridized carbons (Fsp3) is 0.600. The van der Waals surface area contributed by atoms with E-state index in [9.17, 15) is 9.59 Å². The first kappa shape index (κ1) is 20.1. The van der Waals surface area contributed by atoms with E-state index in [1.165, 1.54) is 5.56 Å². The Kier molecular flexibility index (Phi) is 6.89. The van der Waals surface area contributed by atoms with Gasteiger partial charge in [0.1, 0.15) is 17.4 Å². The standard InChI is InChI=1S/C20H30N2O4/c1-20(2,3)26-19(24)22-14-6-8-17(22)18(23)21-13-5-7-15-9-11-16(25-4)12-10-15/h9-12,17H,5-8,13-14H2,1-4H3,(H,21,23). The zero-order valence-electron chi connectivity index (χ0n) is 16.2. The van der Waals surface area contributed by atoms with Crippen molar-refractivity contribution in [3.05, 3.63) is 29.8 Å². The van der Waals surface area contributed by atoms with Gasteiger partial charge in [-0.3, -0.25) is 9.69 Å². The van der Waals surface area contributed by atoms with E-state index >= 15 is 0 Å². The molecule has 1 aliphatic heterocycles. The Bertz CT molecular complexity index is 607. The molecule has 2 rings (SSSR count). The van der Waals surface area contributed by atoms with Gasteiger partial charge < -0.3 is 14.8 Å². The predicted octanol–water partition coefficient (Wildman–Crippen LogP) is 3.14. The monoisotopic (exact) mass is 362 g/mol. The third kappa shape index (κ3) is 5.93. The van der Waals surface area contributed by atoms with Crippen molar-refractivity contribution in [2.75, 3.05) is 20.2 Å². The van der Waals surface area contributed by atoms with Crippen LogP contribution in [0, 0.1) is 0 Å². The van der Waals surface area contributed by atoms with Gasteiger partial charge in [0.25, 0.3) is 0 Å². The number of methoxy groups -OCH3 is 1. The second-order valence-electron chi connectivity index (χ2n) is 7.57. The van der Waals surface area contributed by atoms with Crippen LogP contribution in [0.1, 0.15) is 45.6 Å². The number of amides is 2. The molecule has 0 saturated carbocycles. The highest BCUT2D eigenvalue weighted by molar-refractivity contribution is 5.86. The molecule has 1 aliphatic rings. The van der Waals surface area contributed by atoms with E-state index in [4.69, 9.17) is 9.47 Å². The van der Waals surface area contributed by atoms with Crippen molar-refractivity contribution in [2.24, 2.45) is 0 Å². The number of benzene rings is 1. The van der Waals surface area contributed by atoms with Crippen molar-refractivity contribution in [1.82, 2.24) is 10.2 Å². The third-order valence-corrected chi connectivity index (χ3v) is 4.28. The number of nitrogens with zero attached hydrogens (tertiary/aromatic N) is 1. The number of ether oxygens (including phenoxy) is 2. The molecule has 1 fully saturated rings. The lowest BCUT2D eigenvalue weighted by Gasteiger charge is -2.28. The summed E-state index contributed by atoms with van der Waals surface area (Å²) in [4.78, 5) is 26.2. The fourth-order valence-corrected chi connectivity index (χ4v) is 2.99. The maximum Gasteiger partial charge on any atom is 0.410 e. The molecule has 6 nitrogen and oxygen atoms in total. The van der Waals surface area contributed by atoms with Gasteiger partial charge in [0, 0.05) is 13.1 Å². The van der Waals surface area contributed by atoms with Gasteiger partial charge in [-0.15, -0.1) is 0 Å². The van der Waals surface area contributed by atoms with Gasteiger partial charge in [-0.2, -0.15) is 0 Å². The largest absolute Gasteiger partial charge is 0.497 e. The first-order chi connectivity index (χ1) is 12.3. The molecule has 1 heterocycles. The Morgan fingerprint density at radius 1 is 1.23 bits per heavy atom. The number of rotatable bonds is 6. The molecule has 0 spiro atoms. The summed E-state index contributed by atoms with van der Waals surface area (Å²) in [5.41, 5.74) is 0.648. The Balaban J connectivity index is 1.76. The van der Waals surface area contributed by atoms with Gasteiger partial charge in [0.05, 0.1) is 7.11 Å². The first-order valence-electron chi connectivity index (χ1n) is 9.20. The maximum absolute atomic E-state index is 12.4. The summed E-state index contributed by atoms with van der Waals surface area (Å²) in [6, 6.07) is 7.51. The third-order valence-electron chi connectivity index (χ3n) is 4.28. The van der Waals surface area contributed by atoms with E-state index in [0.29, 0.717) is 19.5 Å². The van der Waals surface area contributed by atoms with Crippen molar-refractivity contribution in [3.8, 4) is 5.75 Å². The summed E-state index contributed by atoms with van der Waals surface area (Å²) in [6.07, 6.45) is 2.82. The average molecular weight is 362 g/mol. The molecule has 1 N–H and O–H groups in total. The van der Waals surface area contributed by atoms with Gasteiger partial charge in [0.15, 0.2) is 0 Å². The van der Waals surface area contributed by atoms with Crippen LogP contribution in [0.25, 0.3) is 0 Å². The minimum absolute atomic E-state index is 0.0944. The number of hydrogen-bond acceptors (Lipinski definition) is 4. The van der Waals surface area contributed by atoms with Crippen LogP contribution >= 0.6 is 0 Å². The van der Waals surface area contributed by atoms with Crippen LogP contribution in [-0.4, -0.2) is 48.7 Å². The predicted molar refractivity (Wildman–Crippen MR) is 100 cm³/mol. The van der Waals surface area contributed by atoms with E-state index in [0.717, 1.165) is 25.0 Å². The average Bonchev–Trinajstić information content (AvgIpc) is 3.07. The normalized spacial score (nSPS) is 17.1. The first-order valence-corrected chi connectivity index (χ1v) is 9.20. The molecule has 1 aromatic rings. The lowest BCUT2D eigenvalue weighted by atomic mass is 10.1. The molecule has 0 aromatic heterocycles. The van der Waals surface area contributed by atoms with E-state index in [1.807, 2.05) is 45.0 Å². The lowest BCUT2D eigenvalue weighted by molar-refractivity contribution is -0.125. The molecule has 1 atom stereocenters. The van der Waals surface area contributed by atoms with Crippen molar-refractivity contribution in [3.63, 3.8) is 0 Å². The molecule has 0 aliphatic carbocycles. The summed E-state index contributed by atoms with van der Waals surface area (Å²) in [5.74, 6) is 0.744. The van der Waals surface area contributed by atoms with Crippen LogP contribution in [0.5, 0.6) is 5.75 Å². The van der Waals surface area contributed by atoms with Crippen LogP contribution in [0.4, 0.5) is 4.79 Å². The highest BCUT2D eigenvalue weighted by atomic mass is 16.6. The molecule has 6 heteroatoms. The molecule has 0 radical (unpaired) electrons. The summed E-state index contributed by atoms with van der Waals surface area (Å²) in [6.45, 7) is 6.64. The summed E-state index contributed by atoms with van der Waals surface area (Å²) in [7, 11) is 1.65. The molecular formula is C20H30N2O4. The Morgan fingerprint density at radius 2 is 1.92 bits per heavy atom. The molecule has 2 amide bonds. The van der Waals surface area contributed by atoms with E-state index in [-0.39, 0.29) is 5.91 Å². The molecule has 1 aromatic carbocycles. The second kappa shape index (κ2) is 8.92. The summed E-state index contributed by atoms with van der Waals surface area (Å²) in [5, 5.41) is 2.95. The van der Waals surface area contributed by atoms with Crippen LogP contribution in [0.15, 0.2) is 24.3 Å². The van der Waals surface area contributed by atoms with Crippen molar-refractivity contribution < 1.29 is 19.1 Å².